The second-order valence-corrected chi connectivity index (χ2v) is 9.61. The Bertz CT molecular complexity index is 1050. The van der Waals surface area contributed by atoms with E-state index in [2.05, 4.69) is 38.3 Å². The molecule has 5 rings (SSSR count). The van der Waals surface area contributed by atoms with Crippen LogP contribution in [0, 0.1) is 5.82 Å². The number of carbonyl (C=O) groups is 1. The zero-order chi connectivity index (χ0) is 20.0. The Hall–Kier alpha value is -1.89. The molecule has 0 bridgehead atoms. The van der Waals surface area contributed by atoms with E-state index in [-0.39, 0.29) is 17.5 Å². The molecular weight excluding hydrogens is 451 g/mol. The fourth-order valence-corrected chi connectivity index (χ4v) is 6.07. The van der Waals surface area contributed by atoms with Crippen molar-refractivity contribution in [3.05, 3.63) is 91.8 Å². The van der Waals surface area contributed by atoms with Gasteiger partial charge < -0.3 is 5.32 Å². The molecule has 0 aromatic heterocycles. The van der Waals surface area contributed by atoms with E-state index in [9.17, 15) is 9.18 Å². The number of nitrogens with zero attached hydrogens (tertiary/aromatic N) is 1. The van der Waals surface area contributed by atoms with E-state index in [1.807, 2.05) is 42.1 Å². The normalized spacial score (nSPS) is 21.9. The molecule has 6 heteroatoms. The minimum atomic E-state index is -0.283. The highest BCUT2D eigenvalue weighted by atomic mass is 79.9. The lowest BCUT2D eigenvalue weighted by atomic mass is 9.82. The highest BCUT2D eigenvalue weighted by Crippen LogP contribution is 2.49. The van der Waals surface area contributed by atoms with Crippen molar-refractivity contribution in [1.82, 2.24) is 10.2 Å². The molecule has 3 nitrogen and oxygen atoms in total. The van der Waals surface area contributed by atoms with E-state index in [0.29, 0.717) is 11.0 Å². The summed E-state index contributed by atoms with van der Waals surface area (Å²) >= 11 is 5.12. The van der Waals surface area contributed by atoms with Gasteiger partial charge in [0.1, 0.15) is 5.82 Å². The number of halogens is 2. The Labute approximate surface area is 182 Å². The Kier molecular flexibility index (Phi) is 5.10. The molecule has 2 aromatic rings. The zero-order valence-electron chi connectivity index (χ0n) is 15.8. The second kappa shape index (κ2) is 7.74. The number of Topliss-reactive ketones (excluding diaryl/α,β-unsaturated/α-hetero) is 1. The molecule has 3 aliphatic rings. The molecule has 2 aromatic carbocycles. The largest absolute Gasteiger partial charge is 0.360 e. The number of allylic oxidation sites excluding steroid dienone is 2. The summed E-state index contributed by atoms with van der Waals surface area (Å²) in [5.74, 6) is 0.782. The maximum Gasteiger partial charge on any atom is 0.175 e. The van der Waals surface area contributed by atoms with Gasteiger partial charge in [0.25, 0.3) is 0 Å². The van der Waals surface area contributed by atoms with Crippen LogP contribution >= 0.6 is 27.7 Å². The first kappa shape index (κ1) is 19.1. The summed E-state index contributed by atoms with van der Waals surface area (Å²) in [6.45, 7) is 1.87. The lowest BCUT2D eigenvalue weighted by Crippen LogP contribution is -2.44. The van der Waals surface area contributed by atoms with Gasteiger partial charge in [-0.25, -0.2) is 4.39 Å². The molecule has 0 radical (unpaired) electrons. The number of dihydropyridines is 1. The van der Waals surface area contributed by atoms with Gasteiger partial charge >= 0.3 is 0 Å². The summed E-state index contributed by atoms with van der Waals surface area (Å²) in [5.41, 5.74) is 5.24. The first-order chi connectivity index (χ1) is 14.1. The van der Waals surface area contributed by atoms with Crippen LogP contribution < -0.4 is 5.32 Å². The maximum atomic E-state index is 13.8. The molecule has 1 unspecified atom stereocenters. The average Bonchev–Trinajstić information content (AvgIpc) is 3.17. The quantitative estimate of drug-likeness (QED) is 0.686. The van der Waals surface area contributed by atoms with E-state index in [4.69, 9.17) is 0 Å². The zero-order valence-corrected chi connectivity index (χ0v) is 18.2. The number of hydrogen-bond acceptors (Lipinski definition) is 4. The molecule has 0 fully saturated rings. The third-order valence-electron chi connectivity index (χ3n) is 5.66. The number of rotatable bonds is 3. The van der Waals surface area contributed by atoms with Crippen molar-refractivity contribution in [2.45, 2.75) is 18.9 Å². The third-order valence-corrected chi connectivity index (χ3v) is 7.47. The third kappa shape index (κ3) is 3.58. The van der Waals surface area contributed by atoms with Gasteiger partial charge in [0.2, 0.25) is 0 Å². The molecule has 3 heterocycles. The van der Waals surface area contributed by atoms with E-state index < -0.39 is 0 Å². The van der Waals surface area contributed by atoms with Crippen LogP contribution in [0.25, 0.3) is 0 Å². The molecule has 148 valence electrons. The van der Waals surface area contributed by atoms with Crippen LogP contribution in [0.3, 0.4) is 0 Å². The van der Waals surface area contributed by atoms with Crippen molar-refractivity contribution >= 4 is 33.5 Å². The fraction of sp³-hybridized carbons (Fsp3) is 0.261. The number of benzene rings is 2. The average molecular weight is 471 g/mol. The van der Waals surface area contributed by atoms with Gasteiger partial charge in [0.05, 0.1) is 11.0 Å². The first-order valence-corrected chi connectivity index (χ1v) is 11.5. The van der Waals surface area contributed by atoms with Crippen LogP contribution in [-0.4, -0.2) is 29.5 Å². The van der Waals surface area contributed by atoms with Crippen molar-refractivity contribution in [2.24, 2.45) is 0 Å². The van der Waals surface area contributed by atoms with Crippen LogP contribution in [0.1, 0.15) is 23.5 Å². The van der Waals surface area contributed by atoms with Gasteiger partial charge in [-0.05, 0) is 45.6 Å². The van der Waals surface area contributed by atoms with E-state index in [1.54, 1.807) is 0 Å². The van der Waals surface area contributed by atoms with Gasteiger partial charge in [-0.2, -0.15) is 0 Å². The van der Waals surface area contributed by atoms with E-state index >= 15 is 0 Å². The topological polar surface area (TPSA) is 32.3 Å². The summed E-state index contributed by atoms with van der Waals surface area (Å²) < 4.78 is 14.3. The molecule has 1 N–H and O–H groups in total. The number of thioether (sulfide) groups is 1. The number of nitrogens with one attached hydrogen (secondary N) is 1. The van der Waals surface area contributed by atoms with Gasteiger partial charge in [-0.3, -0.25) is 9.69 Å². The van der Waals surface area contributed by atoms with E-state index in [1.165, 1.54) is 22.2 Å². The maximum absolute atomic E-state index is 13.8. The van der Waals surface area contributed by atoms with Crippen molar-refractivity contribution in [1.29, 1.82) is 0 Å². The van der Waals surface area contributed by atoms with Crippen LogP contribution in [-0.2, 0) is 11.3 Å². The Morgan fingerprint density at radius 2 is 1.97 bits per heavy atom. The second-order valence-electron chi connectivity index (χ2n) is 7.62. The predicted octanol–water partition coefficient (Wildman–Crippen LogP) is 4.96. The van der Waals surface area contributed by atoms with Crippen LogP contribution in [0.15, 0.2) is 74.9 Å². The van der Waals surface area contributed by atoms with Crippen LogP contribution in [0.5, 0.6) is 0 Å². The Balaban J connectivity index is 1.51. The molecule has 0 saturated heterocycles. The first-order valence-electron chi connectivity index (χ1n) is 9.70. The SMILES string of the molecule is O=C1CN(Cc2ccccc2)CC2=C1C(c1ccc(F)c(Br)c1)C1=C(CCS1)N2. The molecule has 1 atom stereocenters. The minimum Gasteiger partial charge on any atom is -0.360 e. The number of carbonyl (C=O) groups excluding carboxylic acids is 1. The Morgan fingerprint density at radius 3 is 2.76 bits per heavy atom. The molecule has 0 aliphatic carbocycles. The van der Waals surface area contributed by atoms with Crippen molar-refractivity contribution in [2.75, 3.05) is 18.8 Å². The highest BCUT2D eigenvalue weighted by Gasteiger charge is 2.40. The van der Waals surface area contributed by atoms with Gasteiger partial charge in [0.15, 0.2) is 5.78 Å². The summed E-state index contributed by atoms with van der Waals surface area (Å²) in [6.07, 6.45) is 0.975. The van der Waals surface area contributed by atoms with Crippen molar-refractivity contribution < 1.29 is 9.18 Å². The summed E-state index contributed by atoms with van der Waals surface area (Å²) in [7, 11) is 0. The van der Waals surface area contributed by atoms with Crippen molar-refractivity contribution in [3.63, 3.8) is 0 Å². The standard InChI is InChI=1S/C23H20BrFN2OS/c24-16-10-15(6-7-17(16)25)21-22-19(26-18-8-9-29-23(18)21)12-27(13-20(22)28)11-14-4-2-1-3-5-14/h1-7,10,21,26H,8-9,11-13H2. The molecular formula is C23H20BrFN2OS. The summed E-state index contributed by atoms with van der Waals surface area (Å²) in [6, 6.07) is 15.4. The van der Waals surface area contributed by atoms with Gasteiger partial charge in [-0.15, -0.1) is 11.8 Å². The molecule has 29 heavy (non-hydrogen) atoms. The molecule has 3 aliphatic heterocycles. The predicted molar refractivity (Wildman–Crippen MR) is 118 cm³/mol. The monoisotopic (exact) mass is 470 g/mol. The van der Waals surface area contributed by atoms with Crippen molar-refractivity contribution in [3.8, 4) is 0 Å². The number of ketones is 1. The van der Waals surface area contributed by atoms with Gasteiger partial charge in [0, 0.05) is 46.6 Å². The molecule has 0 saturated carbocycles. The highest BCUT2D eigenvalue weighted by molar-refractivity contribution is 9.10. The lowest BCUT2D eigenvalue weighted by Gasteiger charge is -2.37. The van der Waals surface area contributed by atoms with Crippen LogP contribution in [0.2, 0.25) is 0 Å². The lowest BCUT2D eigenvalue weighted by molar-refractivity contribution is -0.117. The molecule has 0 amide bonds. The smallest absolute Gasteiger partial charge is 0.175 e. The Morgan fingerprint density at radius 1 is 1.14 bits per heavy atom. The van der Waals surface area contributed by atoms with Crippen LogP contribution in [0.4, 0.5) is 4.39 Å². The summed E-state index contributed by atoms with van der Waals surface area (Å²) in [5, 5.41) is 3.58. The van der Waals surface area contributed by atoms with E-state index in [0.717, 1.165) is 42.1 Å². The molecule has 0 spiro atoms. The summed E-state index contributed by atoms with van der Waals surface area (Å²) in [4.78, 5) is 16.7. The number of hydrogen-bond donors (Lipinski definition) is 1. The van der Waals surface area contributed by atoms with Gasteiger partial charge in [-0.1, -0.05) is 36.4 Å². The fourth-order valence-electron chi connectivity index (χ4n) is 4.39. The minimum absolute atomic E-state index is 0.1000.